The average Bonchev–Trinajstić information content (AvgIpc) is 3.26. The van der Waals surface area contributed by atoms with Crippen molar-refractivity contribution in [3.8, 4) is 11.5 Å². The maximum Gasteiger partial charge on any atom is 0.289 e. The Morgan fingerprint density at radius 3 is 2.65 bits per heavy atom. The molecule has 142 valence electrons. The number of methoxy groups -OCH3 is 1. The molecule has 2 N–H and O–H groups in total. The van der Waals surface area contributed by atoms with Gasteiger partial charge in [-0.15, -0.1) is 12.4 Å². The van der Waals surface area contributed by atoms with Gasteiger partial charge in [-0.2, -0.15) is 0 Å². The fraction of sp³-hybridized carbons (Fsp3) is 0.421. The minimum absolute atomic E-state index is 0. The Labute approximate surface area is 159 Å². The smallest absolute Gasteiger partial charge is 0.289 e. The van der Waals surface area contributed by atoms with E-state index in [1.54, 1.807) is 19.2 Å². The molecule has 0 bridgehead atoms. The third kappa shape index (κ3) is 4.31. The van der Waals surface area contributed by atoms with E-state index in [-0.39, 0.29) is 31.0 Å². The van der Waals surface area contributed by atoms with Gasteiger partial charge >= 0.3 is 0 Å². The van der Waals surface area contributed by atoms with Crippen LogP contribution in [0.25, 0.3) is 0 Å². The highest BCUT2D eigenvalue weighted by Crippen LogP contribution is 2.28. The monoisotopic (exact) mass is 380 g/mol. The van der Waals surface area contributed by atoms with Crippen LogP contribution < -0.4 is 15.2 Å². The number of halogens is 1. The van der Waals surface area contributed by atoms with Gasteiger partial charge < -0.3 is 24.5 Å². The van der Waals surface area contributed by atoms with Crippen LogP contribution in [0.3, 0.4) is 0 Å². The summed E-state index contributed by atoms with van der Waals surface area (Å²) in [5, 5.41) is 0. The molecular formula is C19H25ClN2O4. The van der Waals surface area contributed by atoms with Crippen molar-refractivity contribution in [2.45, 2.75) is 26.0 Å². The summed E-state index contributed by atoms with van der Waals surface area (Å²) >= 11 is 0. The molecule has 0 spiro atoms. The topological polar surface area (TPSA) is 77.9 Å². The highest BCUT2D eigenvalue weighted by molar-refractivity contribution is 5.92. The van der Waals surface area contributed by atoms with E-state index in [9.17, 15) is 4.79 Å². The second-order valence-corrected chi connectivity index (χ2v) is 6.35. The molecule has 0 saturated carbocycles. The van der Waals surface area contributed by atoms with E-state index in [0.29, 0.717) is 42.0 Å². The number of carbonyl (C=O) groups is 1. The molecule has 2 heterocycles. The van der Waals surface area contributed by atoms with Crippen molar-refractivity contribution >= 4 is 18.3 Å². The summed E-state index contributed by atoms with van der Waals surface area (Å²) in [4.78, 5) is 14.5. The van der Waals surface area contributed by atoms with Gasteiger partial charge in [0.2, 0.25) is 0 Å². The van der Waals surface area contributed by atoms with Crippen molar-refractivity contribution < 1.29 is 18.7 Å². The molecule has 3 rings (SSSR count). The minimum Gasteiger partial charge on any atom is -0.493 e. The summed E-state index contributed by atoms with van der Waals surface area (Å²) in [5.41, 5.74) is 5.73. The first-order valence-corrected chi connectivity index (χ1v) is 8.48. The average molecular weight is 381 g/mol. The molecule has 2 atom stereocenters. The molecule has 0 radical (unpaired) electrons. The fourth-order valence-corrected chi connectivity index (χ4v) is 3.20. The molecule has 1 aromatic heterocycles. The lowest BCUT2D eigenvalue weighted by Crippen LogP contribution is -2.34. The molecule has 1 aliphatic heterocycles. The number of nitrogens with zero attached hydrogens (tertiary/aromatic N) is 1. The summed E-state index contributed by atoms with van der Waals surface area (Å²) in [7, 11) is 1.59. The van der Waals surface area contributed by atoms with E-state index < -0.39 is 0 Å². The Morgan fingerprint density at radius 2 is 2.00 bits per heavy atom. The van der Waals surface area contributed by atoms with Crippen molar-refractivity contribution in [1.29, 1.82) is 0 Å². The lowest BCUT2D eigenvalue weighted by Gasteiger charge is -2.20. The number of ether oxygens (including phenoxy) is 2. The third-order valence-electron chi connectivity index (χ3n) is 4.57. The van der Waals surface area contributed by atoms with Crippen LogP contribution in [0, 0.1) is 5.92 Å². The molecule has 1 saturated heterocycles. The molecule has 1 aromatic carbocycles. The zero-order valence-electron chi connectivity index (χ0n) is 15.0. The van der Waals surface area contributed by atoms with E-state index >= 15 is 0 Å². The number of nitrogens with two attached hydrogens (primary N) is 1. The maximum atomic E-state index is 12.6. The molecule has 26 heavy (non-hydrogen) atoms. The summed E-state index contributed by atoms with van der Waals surface area (Å²) in [5.74, 6) is 2.49. The van der Waals surface area contributed by atoms with Crippen molar-refractivity contribution in [2.24, 2.45) is 11.7 Å². The van der Waals surface area contributed by atoms with Crippen LogP contribution in [-0.2, 0) is 6.61 Å². The molecular weight excluding hydrogens is 356 g/mol. The molecule has 0 aliphatic carbocycles. The predicted molar refractivity (Wildman–Crippen MR) is 101 cm³/mol. The first-order chi connectivity index (χ1) is 12.1. The Kier molecular flexibility index (Phi) is 6.94. The van der Waals surface area contributed by atoms with Crippen LogP contribution in [0.5, 0.6) is 11.5 Å². The van der Waals surface area contributed by atoms with E-state index in [2.05, 4.69) is 0 Å². The van der Waals surface area contributed by atoms with Gasteiger partial charge in [-0.1, -0.05) is 12.1 Å². The Bertz CT molecular complexity index is 734. The molecule has 1 aliphatic rings. The Morgan fingerprint density at radius 1 is 1.27 bits per heavy atom. The summed E-state index contributed by atoms with van der Waals surface area (Å²) < 4.78 is 16.7. The lowest BCUT2D eigenvalue weighted by molar-refractivity contribution is 0.0707. The first kappa shape index (κ1) is 20.1. The number of carbonyl (C=O) groups excluding carboxylic acids is 1. The SMILES string of the molecule is COc1ccccc1OCc1ccc(C(=O)N2CC(CN)CC2C)o1.Cl. The van der Waals surface area contributed by atoms with Crippen LogP contribution in [-0.4, -0.2) is 37.0 Å². The number of para-hydroxylation sites is 2. The van der Waals surface area contributed by atoms with Gasteiger partial charge in [-0.25, -0.2) is 0 Å². The lowest BCUT2D eigenvalue weighted by atomic mass is 10.1. The minimum atomic E-state index is -0.0907. The highest BCUT2D eigenvalue weighted by Gasteiger charge is 2.33. The second-order valence-electron chi connectivity index (χ2n) is 6.35. The number of amides is 1. The van der Waals surface area contributed by atoms with Gasteiger partial charge in [0.25, 0.3) is 5.91 Å². The summed E-state index contributed by atoms with van der Waals surface area (Å²) in [6.45, 7) is 3.56. The molecule has 1 amide bonds. The third-order valence-corrected chi connectivity index (χ3v) is 4.57. The van der Waals surface area contributed by atoms with Crippen molar-refractivity contribution in [2.75, 3.05) is 20.2 Å². The maximum absolute atomic E-state index is 12.6. The van der Waals surface area contributed by atoms with Gasteiger partial charge in [-0.05, 0) is 50.1 Å². The van der Waals surface area contributed by atoms with Crippen LogP contribution in [0.15, 0.2) is 40.8 Å². The quantitative estimate of drug-likeness (QED) is 0.833. The zero-order chi connectivity index (χ0) is 17.8. The molecule has 1 fully saturated rings. The Hall–Kier alpha value is -2.18. The first-order valence-electron chi connectivity index (χ1n) is 8.48. The van der Waals surface area contributed by atoms with Crippen molar-refractivity contribution in [1.82, 2.24) is 4.90 Å². The number of hydrogen-bond acceptors (Lipinski definition) is 5. The highest BCUT2D eigenvalue weighted by atomic mass is 35.5. The number of benzene rings is 1. The second kappa shape index (κ2) is 8.96. The number of likely N-dealkylation sites (tertiary alicyclic amines) is 1. The Balaban J connectivity index is 0.00000243. The molecule has 6 nitrogen and oxygen atoms in total. The largest absolute Gasteiger partial charge is 0.493 e. The predicted octanol–water partition coefficient (Wildman–Crippen LogP) is 3.10. The molecule has 2 unspecified atom stereocenters. The van der Waals surface area contributed by atoms with Gasteiger partial charge in [-0.3, -0.25) is 4.79 Å². The standard InChI is InChI=1S/C19H24N2O4.ClH/c1-13-9-14(10-20)11-21(13)19(22)18-8-7-15(25-18)12-24-17-6-4-3-5-16(17)23-2;/h3-8,13-14H,9-12,20H2,1-2H3;1H. The van der Waals surface area contributed by atoms with Gasteiger partial charge in [0, 0.05) is 12.6 Å². The number of furan rings is 1. The van der Waals surface area contributed by atoms with E-state index in [0.717, 1.165) is 6.42 Å². The van der Waals surface area contributed by atoms with Gasteiger partial charge in [0.05, 0.1) is 7.11 Å². The number of hydrogen-bond donors (Lipinski definition) is 1. The van der Waals surface area contributed by atoms with Crippen LogP contribution in [0.4, 0.5) is 0 Å². The fourth-order valence-electron chi connectivity index (χ4n) is 3.20. The van der Waals surface area contributed by atoms with E-state index in [4.69, 9.17) is 19.6 Å². The zero-order valence-corrected chi connectivity index (χ0v) is 15.8. The normalized spacial score (nSPS) is 19.1. The summed E-state index contributed by atoms with van der Waals surface area (Å²) in [6, 6.07) is 11.1. The summed E-state index contributed by atoms with van der Waals surface area (Å²) in [6.07, 6.45) is 0.937. The molecule has 7 heteroatoms. The van der Waals surface area contributed by atoms with Gasteiger partial charge in [0.15, 0.2) is 17.3 Å². The van der Waals surface area contributed by atoms with E-state index in [1.165, 1.54) is 0 Å². The number of rotatable bonds is 6. The van der Waals surface area contributed by atoms with Gasteiger partial charge in [0.1, 0.15) is 12.4 Å². The van der Waals surface area contributed by atoms with Crippen molar-refractivity contribution in [3.63, 3.8) is 0 Å². The van der Waals surface area contributed by atoms with Crippen LogP contribution in [0.1, 0.15) is 29.7 Å². The van der Waals surface area contributed by atoms with Crippen molar-refractivity contribution in [3.05, 3.63) is 47.9 Å². The van der Waals surface area contributed by atoms with E-state index in [1.807, 2.05) is 36.1 Å². The molecule has 2 aromatic rings. The van der Waals surface area contributed by atoms with Crippen LogP contribution >= 0.6 is 12.4 Å². The van der Waals surface area contributed by atoms with Crippen LogP contribution in [0.2, 0.25) is 0 Å².